The molecule has 0 aliphatic carbocycles. The highest BCUT2D eigenvalue weighted by atomic mass is 35.5. The number of rotatable bonds is 2. The second kappa shape index (κ2) is 6.66. The molecule has 1 aromatic carbocycles. The summed E-state index contributed by atoms with van der Waals surface area (Å²) in [6, 6.07) is 5.08. The summed E-state index contributed by atoms with van der Waals surface area (Å²) in [4.78, 5) is 27.4. The van der Waals surface area contributed by atoms with Gasteiger partial charge in [0.1, 0.15) is 5.60 Å². The van der Waals surface area contributed by atoms with Crippen LogP contribution in [0.15, 0.2) is 18.2 Å². The number of nitrogens with two attached hydrogens (primary N) is 1. The molecule has 126 valence electrons. The lowest BCUT2D eigenvalue weighted by Crippen LogP contribution is -2.50. The Labute approximate surface area is 141 Å². The zero-order chi connectivity index (χ0) is 17.2. The first-order valence-corrected chi connectivity index (χ1v) is 7.87. The molecule has 1 heterocycles. The molecule has 1 aliphatic rings. The van der Waals surface area contributed by atoms with Crippen molar-refractivity contribution in [2.24, 2.45) is 5.73 Å². The van der Waals surface area contributed by atoms with Gasteiger partial charge in [0.25, 0.3) is 5.91 Å². The predicted molar refractivity (Wildman–Crippen MR) is 90.0 cm³/mol. The number of nitrogens with zero attached hydrogens (tertiary/aromatic N) is 2. The third-order valence-corrected chi connectivity index (χ3v) is 3.73. The van der Waals surface area contributed by atoms with Crippen LogP contribution in [0.3, 0.4) is 0 Å². The van der Waals surface area contributed by atoms with Gasteiger partial charge in [0.15, 0.2) is 0 Å². The smallest absolute Gasteiger partial charge is 0.410 e. The number of carbonyl (C=O) groups excluding carboxylic acids is 2. The monoisotopic (exact) mass is 339 g/mol. The van der Waals surface area contributed by atoms with Crippen molar-refractivity contribution in [2.75, 3.05) is 31.1 Å². The minimum Gasteiger partial charge on any atom is -0.444 e. The molecule has 1 saturated heterocycles. The molecular weight excluding hydrogens is 318 g/mol. The van der Waals surface area contributed by atoms with Crippen molar-refractivity contribution in [3.63, 3.8) is 0 Å². The Bertz CT molecular complexity index is 605. The molecule has 2 rings (SSSR count). The summed E-state index contributed by atoms with van der Waals surface area (Å²) in [6.45, 7) is 7.77. The topological polar surface area (TPSA) is 75.9 Å². The van der Waals surface area contributed by atoms with E-state index in [4.69, 9.17) is 22.1 Å². The van der Waals surface area contributed by atoms with Crippen molar-refractivity contribution in [1.29, 1.82) is 0 Å². The van der Waals surface area contributed by atoms with Gasteiger partial charge in [-0.05, 0) is 39.0 Å². The molecule has 0 aromatic heterocycles. The van der Waals surface area contributed by atoms with Crippen molar-refractivity contribution in [3.8, 4) is 0 Å². The van der Waals surface area contributed by atoms with Gasteiger partial charge < -0.3 is 20.3 Å². The first kappa shape index (κ1) is 17.4. The van der Waals surface area contributed by atoms with Crippen molar-refractivity contribution in [3.05, 3.63) is 28.8 Å². The highest BCUT2D eigenvalue weighted by molar-refractivity contribution is 6.31. The fourth-order valence-corrected chi connectivity index (χ4v) is 2.61. The Morgan fingerprint density at radius 2 is 1.78 bits per heavy atom. The molecule has 0 atom stereocenters. The number of benzene rings is 1. The van der Waals surface area contributed by atoms with Crippen LogP contribution < -0.4 is 10.6 Å². The second-order valence-electron chi connectivity index (χ2n) is 6.48. The molecule has 0 spiro atoms. The maximum absolute atomic E-state index is 12.1. The normalized spacial score (nSPS) is 15.5. The fraction of sp³-hybridized carbons (Fsp3) is 0.500. The zero-order valence-corrected chi connectivity index (χ0v) is 14.4. The third-order valence-electron chi connectivity index (χ3n) is 3.50. The van der Waals surface area contributed by atoms with Crippen LogP contribution in [0, 0.1) is 0 Å². The van der Waals surface area contributed by atoms with Crippen LogP contribution >= 0.6 is 11.6 Å². The second-order valence-corrected chi connectivity index (χ2v) is 6.92. The van der Waals surface area contributed by atoms with Crippen molar-refractivity contribution < 1.29 is 14.3 Å². The Morgan fingerprint density at radius 3 is 2.30 bits per heavy atom. The van der Waals surface area contributed by atoms with E-state index in [0.717, 1.165) is 5.69 Å². The van der Waals surface area contributed by atoms with E-state index in [2.05, 4.69) is 0 Å². The van der Waals surface area contributed by atoms with Crippen LogP contribution in [0.25, 0.3) is 0 Å². The van der Waals surface area contributed by atoms with Crippen LogP contribution in [0.1, 0.15) is 31.1 Å². The quantitative estimate of drug-likeness (QED) is 0.898. The molecule has 2 amide bonds. The highest BCUT2D eigenvalue weighted by Crippen LogP contribution is 2.25. The van der Waals surface area contributed by atoms with Gasteiger partial charge in [-0.25, -0.2) is 4.79 Å². The lowest BCUT2D eigenvalue weighted by atomic mass is 10.1. The summed E-state index contributed by atoms with van der Waals surface area (Å²) in [5.41, 5.74) is 6.05. The van der Waals surface area contributed by atoms with Crippen molar-refractivity contribution in [1.82, 2.24) is 4.90 Å². The van der Waals surface area contributed by atoms with Crippen LogP contribution in [0.2, 0.25) is 5.02 Å². The van der Waals surface area contributed by atoms with E-state index in [0.29, 0.717) is 36.8 Å². The van der Waals surface area contributed by atoms with E-state index in [1.165, 1.54) is 0 Å². The number of ether oxygens (including phenoxy) is 1. The third kappa shape index (κ3) is 4.51. The lowest BCUT2D eigenvalue weighted by Gasteiger charge is -2.37. The van der Waals surface area contributed by atoms with E-state index < -0.39 is 11.5 Å². The van der Waals surface area contributed by atoms with Crippen molar-refractivity contribution >= 4 is 29.3 Å². The molecule has 6 nitrogen and oxygen atoms in total. The number of hydrogen-bond donors (Lipinski definition) is 1. The van der Waals surface area contributed by atoms with Gasteiger partial charge in [-0.3, -0.25) is 4.79 Å². The summed E-state index contributed by atoms with van der Waals surface area (Å²) in [5.74, 6) is -0.517. The maximum Gasteiger partial charge on any atom is 0.410 e. The number of amides is 2. The standard InChI is InChI=1S/C16H22ClN3O3/c1-16(2,3)23-15(22)20-8-6-19(7-9-20)13-5-4-11(17)10-12(13)14(18)21/h4-5,10H,6-9H2,1-3H3,(H2,18,21). The molecule has 1 fully saturated rings. The summed E-state index contributed by atoms with van der Waals surface area (Å²) in [5, 5.41) is 0.468. The Hall–Kier alpha value is -1.95. The molecule has 1 aliphatic heterocycles. The predicted octanol–water partition coefficient (Wildman–Crippen LogP) is 2.50. The van der Waals surface area contributed by atoms with Gasteiger partial charge in [-0.2, -0.15) is 0 Å². The maximum atomic E-state index is 12.1. The molecule has 0 bridgehead atoms. The number of hydrogen-bond acceptors (Lipinski definition) is 4. The van der Waals surface area contributed by atoms with E-state index in [-0.39, 0.29) is 6.09 Å². The lowest BCUT2D eigenvalue weighted by molar-refractivity contribution is 0.0240. The van der Waals surface area contributed by atoms with Crippen LogP contribution in [0.4, 0.5) is 10.5 Å². The van der Waals surface area contributed by atoms with E-state index >= 15 is 0 Å². The average molecular weight is 340 g/mol. The van der Waals surface area contributed by atoms with E-state index in [1.807, 2.05) is 25.7 Å². The summed E-state index contributed by atoms with van der Waals surface area (Å²) in [6.07, 6.45) is -0.316. The Balaban J connectivity index is 2.05. The number of primary amides is 1. The molecule has 2 N–H and O–H groups in total. The number of piperazine rings is 1. The average Bonchev–Trinajstić information content (AvgIpc) is 2.45. The molecule has 1 aromatic rings. The van der Waals surface area contributed by atoms with Crippen molar-refractivity contribution in [2.45, 2.75) is 26.4 Å². The number of anilines is 1. The van der Waals surface area contributed by atoms with Gasteiger partial charge in [0.05, 0.1) is 5.56 Å². The first-order chi connectivity index (χ1) is 10.7. The van der Waals surface area contributed by atoms with Crippen LogP contribution in [0.5, 0.6) is 0 Å². The van der Waals surface area contributed by atoms with Crippen LogP contribution in [-0.4, -0.2) is 48.7 Å². The Morgan fingerprint density at radius 1 is 1.17 bits per heavy atom. The van der Waals surface area contributed by atoms with E-state index in [1.54, 1.807) is 23.1 Å². The number of carbonyl (C=O) groups is 2. The fourth-order valence-electron chi connectivity index (χ4n) is 2.44. The SMILES string of the molecule is CC(C)(C)OC(=O)N1CCN(c2ccc(Cl)cc2C(N)=O)CC1. The molecule has 23 heavy (non-hydrogen) atoms. The summed E-state index contributed by atoms with van der Waals surface area (Å²) >= 11 is 5.93. The zero-order valence-electron chi connectivity index (χ0n) is 13.6. The minimum absolute atomic E-state index is 0.316. The van der Waals surface area contributed by atoms with Crippen LogP contribution in [-0.2, 0) is 4.74 Å². The van der Waals surface area contributed by atoms with Gasteiger partial charge in [-0.1, -0.05) is 11.6 Å². The molecule has 0 radical (unpaired) electrons. The highest BCUT2D eigenvalue weighted by Gasteiger charge is 2.27. The van der Waals surface area contributed by atoms with Gasteiger partial charge in [0.2, 0.25) is 0 Å². The van der Waals surface area contributed by atoms with Gasteiger partial charge in [0, 0.05) is 36.9 Å². The van der Waals surface area contributed by atoms with Gasteiger partial charge in [-0.15, -0.1) is 0 Å². The minimum atomic E-state index is -0.517. The summed E-state index contributed by atoms with van der Waals surface area (Å²) in [7, 11) is 0. The number of halogens is 1. The Kier molecular flexibility index (Phi) is 5.04. The van der Waals surface area contributed by atoms with E-state index in [9.17, 15) is 9.59 Å². The largest absolute Gasteiger partial charge is 0.444 e. The molecule has 7 heteroatoms. The molecular formula is C16H22ClN3O3. The summed E-state index contributed by atoms with van der Waals surface area (Å²) < 4.78 is 5.37. The molecule has 0 unspecified atom stereocenters. The van der Waals surface area contributed by atoms with Gasteiger partial charge >= 0.3 is 6.09 Å². The first-order valence-electron chi connectivity index (χ1n) is 7.49. The molecule has 0 saturated carbocycles.